The summed E-state index contributed by atoms with van der Waals surface area (Å²) in [6.45, 7) is 1.80. The lowest BCUT2D eigenvalue weighted by atomic mass is 10.2. The van der Waals surface area contributed by atoms with E-state index in [0.29, 0.717) is 11.4 Å². The van der Waals surface area contributed by atoms with Crippen LogP contribution in [-0.4, -0.2) is 20.1 Å². The summed E-state index contributed by atoms with van der Waals surface area (Å²) in [5, 5.41) is 2.79. The van der Waals surface area contributed by atoms with Crippen LogP contribution in [0.5, 0.6) is 0 Å². The summed E-state index contributed by atoms with van der Waals surface area (Å²) in [5.74, 6) is 0.288. The standard InChI is InChI=1S/C15H14N2O3S2/c1-10-7-13-14(21-9-15(18)16-13)8-12(10)17-22(19,20)11-5-3-2-4-6-11/h2-8,17H,9H2,1H3,(H,16,18). The first kappa shape index (κ1) is 14.9. The van der Waals surface area contributed by atoms with E-state index in [1.165, 1.54) is 11.8 Å². The number of sulfonamides is 1. The summed E-state index contributed by atoms with van der Waals surface area (Å²) < 4.78 is 27.4. The number of anilines is 2. The van der Waals surface area contributed by atoms with Gasteiger partial charge in [0.2, 0.25) is 5.91 Å². The molecule has 1 amide bonds. The summed E-state index contributed by atoms with van der Waals surface area (Å²) in [5.41, 5.74) is 1.99. The third-order valence-electron chi connectivity index (χ3n) is 3.26. The fourth-order valence-electron chi connectivity index (χ4n) is 2.15. The molecule has 0 aliphatic carbocycles. The number of benzene rings is 2. The van der Waals surface area contributed by atoms with Crippen LogP contribution < -0.4 is 10.0 Å². The Balaban J connectivity index is 1.95. The van der Waals surface area contributed by atoms with Crippen LogP contribution in [-0.2, 0) is 14.8 Å². The smallest absolute Gasteiger partial charge is 0.261 e. The molecule has 0 radical (unpaired) electrons. The lowest BCUT2D eigenvalue weighted by molar-refractivity contribution is -0.113. The van der Waals surface area contributed by atoms with Crippen molar-refractivity contribution in [2.45, 2.75) is 16.7 Å². The number of thioether (sulfide) groups is 1. The molecule has 0 aromatic heterocycles. The van der Waals surface area contributed by atoms with Gasteiger partial charge in [-0.25, -0.2) is 8.42 Å². The van der Waals surface area contributed by atoms with Crippen LogP contribution >= 0.6 is 11.8 Å². The van der Waals surface area contributed by atoms with E-state index in [0.717, 1.165) is 16.1 Å². The fraction of sp³-hybridized carbons (Fsp3) is 0.133. The number of carbonyl (C=O) groups excluding carboxylic acids is 1. The molecule has 0 saturated heterocycles. The largest absolute Gasteiger partial charge is 0.324 e. The highest BCUT2D eigenvalue weighted by molar-refractivity contribution is 8.00. The van der Waals surface area contributed by atoms with Crippen LogP contribution in [0.25, 0.3) is 0 Å². The van der Waals surface area contributed by atoms with Gasteiger partial charge in [0.1, 0.15) is 0 Å². The molecule has 0 spiro atoms. The third-order valence-corrected chi connectivity index (χ3v) is 5.69. The quantitative estimate of drug-likeness (QED) is 0.905. The van der Waals surface area contributed by atoms with Crippen molar-refractivity contribution in [3.05, 3.63) is 48.0 Å². The number of hydrogen-bond donors (Lipinski definition) is 2. The van der Waals surface area contributed by atoms with E-state index in [1.54, 1.807) is 49.4 Å². The highest BCUT2D eigenvalue weighted by Crippen LogP contribution is 2.36. The molecule has 0 bridgehead atoms. The summed E-state index contributed by atoms with van der Waals surface area (Å²) >= 11 is 1.39. The van der Waals surface area contributed by atoms with Crippen LogP contribution in [0, 0.1) is 6.92 Å². The van der Waals surface area contributed by atoms with Gasteiger partial charge >= 0.3 is 0 Å². The van der Waals surface area contributed by atoms with Gasteiger partial charge in [-0.2, -0.15) is 0 Å². The molecular formula is C15H14N2O3S2. The van der Waals surface area contributed by atoms with Crippen LogP contribution in [0.4, 0.5) is 11.4 Å². The molecule has 2 aromatic rings. The van der Waals surface area contributed by atoms with Crippen molar-refractivity contribution < 1.29 is 13.2 Å². The van der Waals surface area contributed by atoms with Crippen molar-refractivity contribution in [2.24, 2.45) is 0 Å². The van der Waals surface area contributed by atoms with Crippen molar-refractivity contribution in [2.75, 3.05) is 15.8 Å². The molecule has 0 atom stereocenters. The Labute approximate surface area is 133 Å². The predicted molar refractivity (Wildman–Crippen MR) is 87.8 cm³/mol. The maximum Gasteiger partial charge on any atom is 0.261 e. The highest BCUT2D eigenvalue weighted by Gasteiger charge is 2.20. The van der Waals surface area contributed by atoms with Gasteiger partial charge in [0.05, 0.1) is 22.0 Å². The summed E-state index contributed by atoms with van der Waals surface area (Å²) in [6, 6.07) is 11.8. The molecule has 0 unspecified atom stereocenters. The Morgan fingerprint density at radius 1 is 1.18 bits per heavy atom. The van der Waals surface area contributed by atoms with Gasteiger partial charge in [0.25, 0.3) is 10.0 Å². The maximum atomic E-state index is 12.4. The number of rotatable bonds is 3. The van der Waals surface area contributed by atoms with E-state index in [4.69, 9.17) is 0 Å². The minimum atomic E-state index is -3.62. The lowest BCUT2D eigenvalue weighted by Crippen LogP contribution is -2.19. The zero-order chi connectivity index (χ0) is 15.7. The summed E-state index contributed by atoms with van der Waals surface area (Å²) in [6.07, 6.45) is 0. The molecule has 2 aromatic carbocycles. The van der Waals surface area contributed by atoms with E-state index < -0.39 is 10.0 Å². The number of hydrogen-bond acceptors (Lipinski definition) is 4. The molecule has 1 aliphatic heterocycles. The molecular weight excluding hydrogens is 320 g/mol. The van der Waals surface area contributed by atoms with Crippen molar-refractivity contribution in [3.63, 3.8) is 0 Å². The number of amides is 1. The molecule has 1 heterocycles. The van der Waals surface area contributed by atoms with Crippen LogP contribution in [0.15, 0.2) is 52.3 Å². The summed E-state index contributed by atoms with van der Waals surface area (Å²) in [4.78, 5) is 12.5. The number of aryl methyl sites for hydroxylation is 1. The van der Waals surface area contributed by atoms with Crippen LogP contribution in [0.1, 0.15) is 5.56 Å². The SMILES string of the molecule is Cc1cc2c(cc1NS(=O)(=O)c1ccccc1)SCC(=O)N2. The Morgan fingerprint density at radius 3 is 2.64 bits per heavy atom. The zero-order valence-corrected chi connectivity index (χ0v) is 13.4. The minimum absolute atomic E-state index is 0.0467. The zero-order valence-electron chi connectivity index (χ0n) is 11.8. The molecule has 3 rings (SSSR count). The molecule has 1 aliphatic rings. The molecule has 22 heavy (non-hydrogen) atoms. The fourth-order valence-corrected chi connectivity index (χ4v) is 4.12. The van der Waals surface area contributed by atoms with E-state index in [9.17, 15) is 13.2 Å². The second-order valence-electron chi connectivity index (χ2n) is 4.92. The monoisotopic (exact) mass is 334 g/mol. The first-order valence-corrected chi connectivity index (χ1v) is 9.08. The predicted octanol–water partition coefficient (Wildman–Crippen LogP) is 2.84. The Bertz CT molecular complexity index is 833. The highest BCUT2D eigenvalue weighted by atomic mass is 32.2. The van der Waals surface area contributed by atoms with Crippen LogP contribution in [0.3, 0.4) is 0 Å². The van der Waals surface area contributed by atoms with Gasteiger partial charge in [0.15, 0.2) is 0 Å². The molecule has 5 nitrogen and oxygen atoms in total. The third kappa shape index (κ3) is 2.95. The van der Waals surface area contributed by atoms with Gasteiger partial charge in [-0.05, 0) is 36.8 Å². The van der Waals surface area contributed by atoms with E-state index in [1.807, 2.05) is 0 Å². The Hall–Kier alpha value is -1.99. The van der Waals surface area contributed by atoms with E-state index in [2.05, 4.69) is 10.0 Å². The molecule has 2 N–H and O–H groups in total. The second-order valence-corrected chi connectivity index (χ2v) is 7.62. The van der Waals surface area contributed by atoms with Crippen molar-refractivity contribution in [1.82, 2.24) is 0 Å². The number of nitrogens with one attached hydrogen (secondary N) is 2. The van der Waals surface area contributed by atoms with Gasteiger partial charge in [-0.3, -0.25) is 9.52 Å². The Kier molecular flexibility index (Phi) is 3.84. The van der Waals surface area contributed by atoms with Gasteiger partial charge in [-0.1, -0.05) is 18.2 Å². The average molecular weight is 334 g/mol. The van der Waals surface area contributed by atoms with Crippen molar-refractivity contribution in [3.8, 4) is 0 Å². The van der Waals surface area contributed by atoms with Crippen LogP contribution in [0.2, 0.25) is 0 Å². The lowest BCUT2D eigenvalue weighted by Gasteiger charge is -2.19. The van der Waals surface area contributed by atoms with E-state index >= 15 is 0 Å². The van der Waals surface area contributed by atoms with Crippen molar-refractivity contribution in [1.29, 1.82) is 0 Å². The number of fused-ring (bicyclic) bond motifs is 1. The molecule has 114 valence electrons. The number of carbonyl (C=O) groups is 1. The summed E-state index contributed by atoms with van der Waals surface area (Å²) in [7, 11) is -3.62. The topological polar surface area (TPSA) is 75.3 Å². The Morgan fingerprint density at radius 2 is 1.91 bits per heavy atom. The molecule has 7 heteroatoms. The molecule has 0 saturated carbocycles. The minimum Gasteiger partial charge on any atom is -0.324 e. The maximum absolute atomic E-state index is 12.4. The van der Waals surface area contributed by atoms with Crippen molar-refractivity contribution >= 4 is 39.1 Å². The molecule has 0 fully saturated rings. The average Bonchev–Trinajstić information content (AvgIpc) is 2.49. The van der Waals surface area contributed by atoms with Gasteiger partial charge in [-0.15, -0.1) is 11.8 Å². The first-order chi connectivity index (χ1) is 10.5. The van der Waals surface area contributed by atoms with E-state index in [-0.39, 0.29) is 10.8 Å². The van der Waals surface area contributed by atoms with Gasteiger partial charge in [0, 0.05) is 4.90 Å². The first-order valence-electron chi connectivity index (χ1n) is 6.61. The second kappa shape index (κ2) is 5.66. The normalized spacial score (nSPS) is 14.1. The van der Waals surface area contributed by atoms with Gasteiger partial charge < -0.3 is 5.32 Å².